The zero-order valence-electron chi connectivity index (χ0n) is 18.4. The fourth-order valence-corrected chi connectivity index (χ4v) is 5.31. The van der Waals surface area contributed by atoms with Gasteiger partial charge in [-0.1, -0.05) is 12.1 Å². The van der Waals surface area contributed by atoms with Gasteiger partial charge in [-0.25, -0.2) is 14.4 Å². The van der Waals surface area contributed by atoms with Crippen LogP contribution in [0.15, 0.2) is 48.5 Å². The summed E-state index contributed by atoms with van der Waals surface area (Å²) in [6.07, 6.45) is -0.477. The molecule has 0 saturated heterocycles. The van der Waals surface area contributed by atoms with Gasteiger partial charge < -0.3 is 26.0 Å². The maximum Gasteiger partial charge on any atom is 0.229 e. The van der Waals surface area contributed by atoms with Gasteiger partial charge in [-0.15, -0.1) is 11.3 Å². The van der Waals surface area contributed by atoms with E-state index in [0.717, 1.165) is 10.2 Å². The van der Waals surface area contributed by atoms with Crippen LogP contribution in [0.5, 0.6) is 0 Å². The first-order valence-electron chi connectivity index (χ1n) is 10.9. The summed E-state index contributed by atoms with van der Waals surface area (Å²) < 4.78 is 14.3. The molecule has 34 heavy (non-hydrogen) atoms. The lowest BCUT2D eigenvalue weighted by Gasteiger charge is -2.31. The Morgan fingerprint density at radius 2 is 1.88 bits per heavy atom. The molecule has 1 aliphatic rings. The van der Waals surface area contributed by atoms with E-state index in [-0.39, 0.29) is 24.8 Å². The van der Waals surface area contributed by atoms with Crippen LogP contribution in [-0.2, 0) is 0 Å². The van der Waals surface area contributed by atoms with Crippen molar-refractivity contribution in [3.63, 3.8) is 0 Å². The lowest BCUT2D eigenvalue weighted by atomic mass is 10.0. The highest BCUT2D eigenvalue weighted by Gasteiger charge is 2.47. The molecule has 2 aromatic carbocycles. The standard InChI is InChI=1S/C24H24FN5O3S/c1-13-19(22-28-17-4-2-3-5-18(17)34-22)21(30-24(33)11-10-14(12-31)20(24)32)29-23(26-13)27-16-8-6-15(25)7-9-16/h2-9,14,20,31-33H,10-12H2,1H3,(H2,26,27,29,30). The molecule has 0 spiro atoms. The highest BCUT2D eigenvalue weighted by atomic mass is 32.1. The first kappa shape index (κ1) is 22.6. The van der Waals surface area contributed by atoms with Crippen molar-refractivity contribution in [1.82, 2.24) is 15.0 Å². The normalized spacial score (nSPS) is 22.3. The van der Waals surface area contributed by atoms with E-state index < -0.39 is 17.7 Å². The molecule has 0 radical (unpaired) electrons. The van der Waals surface area contributed by atoms with Crippen molar-refractivity contribution in [2.45, 2.75) is 31.6 Å². The van der Waals surface area contributed by atoms with Gasteiger partial charge in [0, 0.05) is 18.2 Å². The van der Waals surface area contributed by atoms with Gasteiger partial charge in [-0.2, -0.15) is 4.98 Å². The van der Waals surface area contributed by atoms with Gasteiger partial charge in [-0.3, -0.25) is 0 Å². The first-order chi connectivity index (χ1) is 16.4. The summed E-state index contributed by atoms with van der Waals surface area (Å²) in [5.74, 6) is -0.252. The van der Waals surface area contributed by atoms with Crippen LogP contribution in [0.2, 0.25) is 0 Å². The number of aliphatic hydroxyl groups is 3. The number of rotatable bonds is 6. The Morgan fingerprint density at radius 1 is 1.12 bits per heavy atom. The van der Waals surface area contributed by atoms with Gasteiger partial charge >= 0.3 is 0 Å². The Balaban J connectivity index is 1.59. The Labute approximate surface area is 199 Å². The van der Waals surface area contributed by atoms with Crippen LogP contribution in [-0.4, -0.2) is 48.7 Å². The maximum absolute atomic E-state index is 13.3. The molecule has 1 fully saturated rings. The highest BCUT2D eigenvalue weighted by Crippen LogP contribution is 2.40. The molecule has 5 N–H and O–H groups in total. The number of hydrogen-bond acceptors (Lipinski definition) is 9. The van der Waals surface area contributed by atoms with Gasteiger partial charge in [0.2, 0.25) is 5.95 Å². The number of anilines is 3. The number of aryl methyl sites for hydroxylation is 1. The Kier molecular flexibility index (Phi) is 5.90. The molecule has 3 atom stereocenters. The number of hydrogen-bond donors (Lipinski definition) is 5. The average Bonchev–Trinajstić information content (AvgIpc) is 3.36. The predicted octanol–water partition coefficient (Wildman–Crippen LogP) is 3.81. The molecular weight excluding hydrogens is 457 g/mol. The van der Waals surface area contributed by atoms with E-state index in [1.807, 2.05) is 31.2 Å². The van der Waals surface area contributed by atoms with Crippen LogP contribution >= 0.6 is 11.3 Å². The molecule has 1 saturated carbocycles. The molecule has 8 nitrogen and oxygen atoms in total. The number of aliphatic hydroxyl groups excluding tert-OH is 2. The van der Waals surface area contributed by atoms with Crippen molar-refractivity contribution in [2.75, 3.05) is 17.2 Å². The van der Waals surface area contributed by atoms with Gasteiger partial charge in [-0.05, 0) is 56.2 Å². The van der Waals surface area contributed by atoms with Gasteiger partial charge in [0.25, 0.3) is 0 Å². The zero-order valence-corrected chi connectivity index (χ0v) is 19.2. The summed E-state index contributed by atoms with van der Waals surface area (Å²) in [6.45, 7) is 1.59. The third-order valence-electron chi connectivity index (χ3n) is 6.10. The summed E-state index contributed by atoms with van der Waals surface area (Å²) in [4.78, 5) is 13.9. The third-order valence-corrected chi connectivity index (χ3v) is 7.15. The van der Waals surface area contributed by atoms with Crippen molar-refractivity contribution in [3.8, 4) is 10.6 Å². The topological polar surface area (TPSA) is 123 Å². The van der Waals surface area contributed by atoms with Crippen molar-refractivity contribution in [2.24, 2.45) is 5.92 Å². The van der Waals surface area contributed by atoms with E-state index in [1.165, 1.54) is 23.5 Å². The molecule has 0 bridgehead atoms. The fraction of sp³-hybridized carbons (Fsp3) is 0.292. The van der Waals surface area contributed by atoms with Crippen molar-refractivity contribution < 1.29 is 19.7 Å². The number of aromatic nitrogens is 3. The second kappa shape index (κ2) is 8.88. The number of para-hydroxylation sites is 1. The summed E-state index contributed by atoms with van der Waals surface area (Å²) in [6, 6.07) is 13.6. The van der Waals surface area contributed by atoms with Gasteiger partial charge in [0.1, 0.15) is 22.7 Å². The van der Waals surface area contributed by atoms with Gasteiger partial charge in [0.05, 0.1) is 21.5 Å². The van der Waals surface area contributed by atoms with Crippen LogP contribution in [0.4, 0.5) is 21.8 Å². The molecule has 10 heteroatoms. The fourth-order valence-electron chi connectivity index (χ4n) is 4.25. The minimum Gasteiger partial charge on any atom is -0.396 e. The molecular formula is C24H24FN5O3S. The summed E-state index contributed by atoms with van der Waals surface area (Å²) >= 11 is 1.48. The average molecular weight is 482 g/mol. The Hall–Kier alpha value is -3.18. The molecule has 5 rings (SSSR count). The number of halogens is 1. The molecule has 4 aromatic rings. The van der Waals surface area contributed by atoms with Crippen LogP contribution < -0.4 is 10.6 Å². The van der Waals surface area contributed by atoms with E-state index in [0.29, 0.717) is 34.2 Å². The number of fused-ring (bicyclic) bond motifs is 1. The molecule has 2 aromatic heterocycles. The van der Waals surface area contributed by atoms with Crippen molar-refractivity contribution in [3.05, 3.63) is 60.0 Å². The second-order valence-electron chi connectivity index (χ2n) is 8.45. The summed E-state index contributed by atoms with van der Waals surface area (Å²) in [5, 5.41) is 38.2. The lowest BCUT2D eigenvalue weighted by Crippen LogP contribution is -2.48. The van der Waals surface area contributed by atoms with E-state index in [9.17, 15) is 19.7 Å². The number of nitrogens with zero attached hydrogens (tertiary/aromatic N) is 3. The molecule has 2 heterocycles. The first-order valence-corrected chi connectivity index (χ1v) is 11.7. The Morgan fingerprint density at radius 3 is 2.59 bits per heavy atom. The third kappa shape index (κ3) is 4.21. The van der Waals surface area contributed by atoms with Crippen LogP contribution in [0, 0.1) is 18.7 Å². The zero-order chi connectivity index (χ0) is 23.9. The minimum absolute atomic E-state index is 0.226. The number of thiazole rings is 1. The molecule has 0 aliphatic heterocycles. The van der Waals surface area contributed by atoms with Crippen LogP contribution in [0.25, 0.3) is 20.8 Å². The van der Waals surface area contributed by atoms with E-state index in [4.69, 9.17) is 4.98 Å². The predicted molar refractivity (Wildman–Crippen MR) is 129 cm³/mol. The number of benzene rings is 2. The number of nitrogens with one attached hydrogen (secondary N) is 2. The smallest absolute Gasteiger partial charge is 0.229 e. The van der Waals surface area contributed by atoms with Gasteiger partial charge in [0.15, 0.2) is 5.72 Å². The largest absolute Gasteiger partial charge is 0.396 e. The van der Waals surface area contributed by atoms with E-state index >= 15 is 0 Å². The minimum atomic E-state index is -1.67. The Bertz CT molecular complexity index is 1300. The maximum atomic E-state index is 13.3. The molecule has 176 valence electrons. The highest BCUT2D eigenvalue weighted by molar-refractivity contribution is 7.21. The molecule has 0 amide bonds. The van der Waals surface area contributed by atoms with E-state index in [2.05, 4.69) is 20.6 Å². The quantitative estimate of drug-likeness (QED) is 0.264. The monoisotopic (exact) mass is 481 g/mol. The lowest BCUT2D eigenvalue weighted by molar-refractivity contribution is -0.0545. The van der Waals surface area contributed by atoms with Crippen LogP contribution in [0.3, 0.4) is 0 Å². The molecule has 1 aliphatic carbocycles. The second-order valence-corrected chi connectivity index (χ2v) is 9.48. The van der Waals surface area contributed by atoms with Crippen molar-refractivity contribution >= 4 is 39.0 Å². The van der Waals surface area contributed by atoms with Crippen LogP contribution in [0.1, 0.15) is 18.5 Å². The molecule has 3 unspecified atom stereocenters. The summed E-state index contributed by atoms with van der Waals surface area (Å²) in [5.41, 5.74) is 0.975. The SMILES string of the molecule is Cc1nc(Nc2ccc(F)cc2)nc(NC2(O)CCC(CO)C2O)c1-c1nc2ccccc2s1. The van der Waals surface area contributed by atoms with Crippen molar-refractivity contribution in [1.29, 1.82) is 0 Å². The van der Waals surface area contributed by atoms with E-state index in [1.54, 1.807) is 12.1 Å². The summed E-state index contributed by atoms with van der Waals surface area (Å²) in [7, 11) is 0.